The van der Waals surface area contributed by atoms with Gasteiger partial charge in [0.25, 0.3) is 0 Å². The molecule has 0 aromatic heterocycles. The average Bonchev–Trinajstić information content (AvgIpc) is 1.59. The molecule has 3 N–H and O–H groups in total. The summed E-state index contributed by atoms with van der Waals surface area (Å²) in [4.78, 5) is 8.65. The van der Waals surface area contributed by atoms with Gasteiger partial charge in [0.15, 0.2) is 7.37 Å². The first kappa shape index (κ1) is 12.8. The molecule has 0 amide bonds. The van der Waals surface area contributed by atoms with Gasteiger partial charge in [-0.15, -0.1) is 0 Å². The zero-order valence-electron chi connectivity index (χ0n) is 6.00. The van der Waals surface area contributed by atoms with Crippen molar-refractivity contribution >= 4 is 36.9 Å². The molecule has 0 fully saturated rings. The van der Waals surface area contributed by atoms with Crippen LogP contribution in [0.4, 0.5) is 0 Å². The molecule has 0 bridgehead atoms. The largest absolute Gasteiger partial charge is 0.344 e. The molecule has 1 atom stereocenters. The molecular formula is C4H12NNaO2P. The summed E-state index contributed by atoms with van der Waals surface area (Å²) in [6, 6.07) is 0. The van der Waals surface area contributed by atoms with E-state index in [4.69, 9.17) is 10.6 Å². The summed E-state index contributed by atoms with van der Waals surface area (Å²) in [5.74, 6) is 0. The Balaban J connectivity index is 0. The van der Waals surface area contributed by atoms with E-state index in [2.05, 4.69) is 0 Å². The molecule has 5 heteroatoms. The Kier molecular flexibility index (Phi) is 8.39. The molecule has 51 valence electrons. The van der Waals surface area contributed by atoms with Crippen LogP contribution in [0.25, 0.3) is 0 Å². The Morgan fingerprint density at radius 3 is 2.22 bits per heavy atom. The Bertz CT molecular complexity index is 103. The molecule has 0 spiro atoms. The molecule has 0 aliphatic heterocycles. The SMILES string of the molecule is CP(=O)(O)CCCN.[Na]. The van der Waals surface area contributed by atoms with E-state index < -0.39 is 7.37 Å². The summed E-state index contributed by atoms with van der Waals surface area (Å²) in [7, 11) is -2.76. The summed E-state index contributed by atoms with van der Waals surface area (Å²) >= 11 is 0. The van der Waals surface area contributed by atoms with Crippen molar-refractivity contribution in [2.24, 2.45) is 5.73 Å². The second-order valence-corrected chi connectivity index (χ2v) is 4.47. The minimum Gasteiger partial charge on any atom is -0.344 e. The predicted molar refractivity (Wildman–Crippen MR) is 40.0 cm³/mol. The molecule has 0 aliphatic carbocycles. The molecule has 3 nitrogen and oxygen atoms in total. The average molecular weight is 160 g/mol. The van der Waals surface area contributed by atoms with Crippen molar-refractivity contribution in [1.29, 1.82) is 0 Å². The zero-order chi connectivity index (χ0) is 6.62. The van der Waals surface area contributed by atoms with Crippen LogP contribution < -0.4 is 5.73 Å². The van der Waals surface area contributed by atoms with E-state index in [0.29, 0.717) is 19.1 Å². The van der Waals surface area contributed by atoms with Gasteiger partial charge in [-0.05, 0) is 13.0 Å². The number of hydrogen-bond acceptors (Lipinski definition) is 2. The molecule has 0 aromatic rings. The zero-order valence-corrected chi connectivity index (χ0v) is 8.90. The number of rotatable bonds is 3. The maximum atomic E-state index is 10.5. The van der Waals surface area contributed by atoms with E-state index in [-0.39, 0.29) is 29.6 Å². The fourth-order valence-electron chi connectivity index (χ4n) is 0.385. The minimum atomic E-state index is -2.76. The van der Waals surface area contributed by atoms with Gasteiger partial charge in [0.2, 0.25) is 0 Å². The molecule has 9 heavy (non-hydrogen) atoms. The van der Waals surface area contributed by atoms with Gasteiger partial charge in [0.05, 0.1) is 0 Å². The molecule has 0 aliphatic rings. The summed E-state index contributed by atoms with van der Waals surface area (Å²) in [5, 5.41) is 0. The summed E-state index contributed by atoms with van der Waals surface area (Å²) in [6.45, 7) is 1.85. The van der Waals surface area contributed by atoms with E-state index in [0.717, 1.165) is 0 Å². The topological polar surface area (TPSA) is 63.3 Å². The van der Waals surface area contributed by atoms with Crippen LogP contribution in [-0.4, -0.2) is 53.8 Å². The van der Waals surface area contributed by atoms with Gasteiger partial charge in [-0.1, -0.05) is 0 Å². The maximum absolute atomic E-state index is 10.5. The van der Waals surface area contributed by atoms with Gasteiger partial charge in [0.1, 0.15) is 0 Å². The Hall–Kier alpha value is 1.15. The van der Waals surface area contributed by atoms with Gasteiger partial charge >= 0.3 is 0 Å². The Morgan fingerprint density at radius 2 is 2.11 bits per heavy atom. The van der Waals surface area contributed by atoms with Crippen LogP contribution in [0.15, 0.2) is 0 Å². The third kappa shape index (κ3) is 12.4. The molecule has 0 saturated heterocycles. The number of hydrogen-bond donors (Lipinski definition) is 2. The van der Waals surface area contributed by atoms with E-state index in [9.17, 15) is 4.57 Å². The fourth-order valence-corrected chi connectivity index (χ4v) is 1.15. The van der Waals surface area contributed by atoms with E-state index in [1.165, 1.54) is 6.66 Å². The van der Waals surface area contributed by atoms with E-state index in [1.54, 1.807) is 0 Å². The number of nitrogens with two attached hydrogens (primary N) is 1. The molecule has 0 heterocycles. The molecule has 0 saturated carbocycles. The smallest absolute Gasteiger partial charge is 0.197 e. The normalized spacial score (nSPS) is 15.9. The first-order chi connectivity index (χ1) is 3.56. The van der Waals surface area contributed by atoms with Crippen molar-refractivity contribution in [2.45, 2.75) is 6.42 Å². The molecule has 1 radical (unpaired) electrons. The van der Waals surface area contributed by atoms with E-state index in [1.807, 2.05) is 0 Å². The standard InChI is InChI=1S/C4H12NO2P.Na/c1-8(6,7)4-2-3-5;/h2-5H2,1H3,(H,6,7);. The minimum absolute atomic E-state index is 0. The van der Waals surface area contributed by atoms with Crippen molar-refractivity contribution < 1.29 is 9.46 Å². The third-order valence-electron chi connectivity index (χ3n) is 0.777. The van der Waals surface area contributed by atoms with Gasteiger partial charge in [0, 0.05) is 42.4 Å². The first-order valence-electron chi connectivity index (χ1n) is 2.55. The predicted octanol–water partition coefficient (Wildman–Crippen LogP) is -0.145. The van der Waals surface area contributed by atoms with Crippen molar-refractivity contribution in [3.05, 3.63) is 0 Å². The van der Waals surface area contributed by atoms with Gasteiger partial charge in [-0.25, -0.2) is 0 Å². The molecule has 0 rings (SSSR count). The van der Waals surface area contributed by atoms with Crippen LogP contribution in [0.1, 0.15) is 6.42 Å². The van der Waals surface area contributed by atoms with Crippen LogP contribution in [0, 0.1) is 0 Å². The molecule has 0 aromatic carbocycles. The van der Waals surface area contributed by atoms with Crippen LogP contribution in [0.5, 0.6) is 0 Å². The van der Waals surface area contributed by atoms with Crippen LogP contribution in [0.2, 0.25) is 0 Å². The second-order valence-electron chi connectivity index (χ2n) is 1.92. The first-order valence-corrected chi connectivity index (χ1v) is 4.85. The third-order valence-corrected chi connectivity index (χ3v) is 1.92. The van der Waals surface area contributed by atoms with Crippen molar-refractivity contribution in [3.63, 3.8) is 0 Å². The monoisotopic (exact) mass is 160 g/mol. The second kappa shape index (κ2) is 5.90. The summed E-state index contributed by atoms with van der Waals surface area (Å²) in [6.07, 6.45) is 0.994. The van der Waals surface area contributed by atoms with Crippen molar-refractivity contribution in [1.82, 2.24) is 0 Å². The summed E-state index contributed by atoms with van der Waals surface area (Å²) < 4.78 is 10.5. The van der Waals surface area contributed by atoms with Gasteiger partial charge in [-0.3, -0.25) is 4.57 Å². The van der Waals surface area contributed by atoms with Gasteiger partial charge < -0.3 is 10.6 Å². The van der Waals surface area contributed by atoms with Crippen molar-refractivity contribution in [3.8, 4) is 0 Å². The Labute approximate surface area is 77.8 Å². The fraction of sp³-hybridized carbons (Fsp3) is 1.00. The quantitative estimate of drug-likeness (QED) is 0.446. The van der Waals surface area contributed by atoms with Crippen LogP contribution >= 0.6 is 7.37 Å². The van der Waals surface area contributed by atoms with E-state index >= 15 is 0 Å². The van der Waals surface area contributed by atoms with Gasteiger partial charge in [-0.2, -0.15) is 0 Å². The van der Waals surface area contributed by atoms with Crippen LogP contribution in [-0.2, 0) is 4.57 Å². The molecule has 1 unspecified atom stereocenters. The Morgan fingerprint density at radius 1 is 1.67 bits per heavy atom. The van der Waals surface area contributed by atoms with Crippen LogP contribution in [0.3, 0.4) is 0 Å². The maximum Gasteiger partial charge on any atom is 0.197 e. The molecular weight excluding hydrogens is 148 g/mol. The van der Waals surface area contributed by atoms with Crippen molar-refractivity contribution in [2.75, 3.05) is 19.4 Å². The summed E-state index contributed by atoms with van der Waals surface area (Å²) in [5.41, 5.74) is 5.10.